The number of hydrogen-bond acceptors (Lipinski definition) is 3. The third kappa shape index (κ3) is 2.71. The standard InChI is InChI=1S/C15H21NO4/c1-4-10-8-13(20-12(10)5-2)14(17)16(11-6-7-11)9(3)15(18)19/h8-9,11H,4-7H2,1-3H3,(H,18,19). The summed E-state index contributed by atoms with van der Waals surface area (Å²) >= 11 is 0. The minimum atomic E-state index is -0.983. The highest BCUT2D eigenvalue weighted by Crippen LogP contribution is 2.31. The van der Waals surface area contributed by atoms with E-state index in [4.69, 9.17) is 9.52 Å². The van der Waals surface area contributed by atoms with E-state index < -0.39 is 12.0 Å². The van der Waals surface area contributed by atoms with Crippen LogP contribution in [0.3, 0.4) is 0 Å². The molecule has 1 saturated carbocycles. The lowest BCUT2D eigenvalue weighted by Gasteiger charge is -2.25. The minimum Gasteiger partial charge on any atom is -0.480 e. The van der Waals surface area contributed by atoms with Crippen molar-refractivity contribution in [3.05, 3.63) is 23.2 Å². The number of furan rings is 1. The molecule has 1 aromatic heterocycles. The molecule has 1 aliphatic rings. The molecule has 1 heterocycles. The predicted molar refractivity (Wildman–Crippen MR) is 73.8 cm³/mol. The fraction of sp³-hybridized carbons (Fsp3) is 0.600. The van der Waals surface area contributed by atoms with E-state index in [-0.39, 0.29) is 17.7 Å². The Hall–Kier alpha value is -1.78. The Morgan fingerprint density at radius 1 is 1.40 bits per heavy atom. The number of carboxylic acids is 1. The summed E-state index contributed by atoms with van der Waals surface area (Å²) in [5, 5.41) is 9.15. The summed E-state index contributed by atoms with van der Waals surface area (Å²) in [6, 6.07) is 0.967. The molecule has 2 rings (SSSR count). The fourth-order valence-electron chi connectivity index (χ4n) is 2.43. The fourth-order valence-corrected chi connectivity index (χ4v) is 2.43. The summed E-state index contributed by atoms with van der Waals surface area (Å²) in [4.78, 5) is 25.2. The number of carbonyl (C=O) groups is 2. The van der Waals surface area contributed by atoms with E-state index >= 15 is 0 Å². The van der Waals surface area contributed by atoms with Crippen LogP contribution in [0.5, 0.6) is 0 Å². The molecule has 110 valence electrons. The maximum absolute atomic E-state index is 12.5. The van der Waals surface area contributed by atoms with Gasteiger partial charge in [0.25, 0.3) is 5.91 Å². The van der Waals surface area contributed by atoms with Gasteiger partial charge in [-0.25, -0.2) is 4.79 Å². The van der Waals surface area contributed by atoms with Crippen molar-refractivity contribution in [2.45, 2.75) is 58.5 Å². The quantitative estimate of drug-likeness (QED) is 0.868. The molecule has 1 unspecified atom stereocenters. The van der Waals surface area contributed by atoms with Gasteiger partial charge in [0.2, 0.25) is 0 Å². The van der Waals surface area contributed by atoms with Crippen LogP contribution in [-0.4, -0.2) is 34.0 Å². The number of carbonyl (C=O) groups excluding carboxylic acids is 1. The van der Waals surface area contributed by atoms with Crippen LogP contribution in [0.1, 0.15) is 55.5 Å². The van der Waals surface area contributed by atoms with Gasteiger partial charge in [0.1, 0.15) is 11.8 Å². The monoisotopic (exact) mass is 279 g/mol. The first-order valence-electron chi connectivity index (χ1n) is 7.16. The highest BCUT2D eigenvalue weighted by molar-refractivity contribution is 5.95. The first kappa shape index (κ1) is 14.6. The van der Waals surface area contributed by atoms with Gasteiger partial charge in [-0.3, -0.25) is 4.79 Å². The van der Waals surface area contributed by atoms with Crippen molar-refractivity contribution < 1.29 is 19.1 Å². The van der Waals surface area contributed by atoms with E-state index in [0.29, 0.717) is 0 Å². The van der Waals surface area contributed by atoms with Crippen LogP contribution < -0.4 is 0 Å². The lowest BCUT2D eigenvalue weighted by molar-refractivity contribution is -0.141. The zero-order valence-electron chi connectivity index (χ0n) is 12.2. The number of aliphatic carboxylic acids is 1. The van der Waals surface area contributed by atoms with Gasteiger partial charge in [-0.05, 0) is 37.8 Å². The summed E-state index contributed by atoms with van der Waals surface area (Å²) in [6.45, 7) is 5.53. The van der Waals surface area contributed by atoms with Gasteiger partial charge in [-0.2, -0.15) is 0 Å². The molecule has 5 heteroatoms. The summed E-state index contributed by atoms with van der Waals surface area (Å²) in [5.41, 5.74) is 1.02. The van der Waals surface area contributed by atoms with Crippen molar-refractivity contribution >= 4 is 11.9 Å². The molecule has 1 amide bonds. The largest absolute Gasteiger partial charge is 0.480 e. The van der Waals surface area contributed by atoms with Crippen molar-refractivity contribution in [3.63, 3.8) is 0 Å². The van der Waals surface area contributed by atoms with E-state index in [1.54, 1.807) is 13.0 Å². The minimum absolute atomic E-state index is 0.0360. The van der Waals surface area contributed by atoms with E-state index in [0.717, 1.165) is 37.0 Å². The summed E-state index contributed by atoms with van der Waals surface area (Å²) in [5.74, 6) is -0.215. The van der Waals surface area contributed by atoms with Crippen LogP contribution in [0.15, 0.2) is 10.5 Å². The third-order valence-corrected chi connectivity index (χ3v) is 3.76. The maximum atomic E-state index is 12.5. The lowest BCUT2D eigenvalue weighted by Crippen LogP contribution is -2.44. The van der Waals surface area contributed by atoms with Crippen LogP contribution in [0.2, 0.25) is 0 Å². The van der Waals surface area contributed by atoms with E-state index in [9.17, 15) is 9.59 Å². The Bertz CT molecular complexity index is 494. The zero-order chi connectivity index (χ0) is 14.9. The first-order valence-corrected chi connectivity index (χ1v) is 7.16. The summed E-state index contributed by atoms with van der Waals surface area (Å²) < 4.78 is 5.62. The Balaban J connectivity index is 2.27. The van der Waals surface area contributed by atoms with Crippen LogP contribution >= 0.6 is 0 Å². The lowest BCUT2D eigenvalue weighted by atomic mass is 10.1. The predicted octanol–water partition coefficient (Wildman–Crippen LogP) is 2.48. The van der Waals surface area contributed by atoms with Gasteiger partial charge in [-0.15, -0.1) is 0 Å². The van der Waals surface area contributed by atoms with Gasteiger partial charge < -0.3 is 14.4 Å². The highest BCUT2D eigenvalue weighted by atomic mass is 16.4. The number of amides is 1. The van der Waals surface area contributed by atoms with Crippen LogP contribution in [0.4, 0.5) is 0 Å². The maximum Gasteiger partial charge on any atom is 0.326 e. The van der Waals surface area contributed by atoms with Gasteiger partial charge in [0, 0.05) is 12.5 Å². The molecule has 1 N–H and O–H groups in total. The molecule has 0 radical (unpaired) electrons. The van der Waals surface area contributed by atoms with Gasteiger partial charge in [0.15, 0.2) is 5.76 Å². The van der Waals surface area contributed by atoms with Crippen LogP contribution in [0, 0.1) is 0 Å². The second-order valence-corrected chi connectivity index (χ2v) is 5.22. The number of hydrogen-bond donors (Lipinski definition) is 1. The second-order valence-electron chi connectivity index (χ2n) is 5.22. The molecule has 0 aromatic carbocycles. The molecule has 5 nitrogen and oxygen atoms in total. The SMILES string of the molecule is CCc1cc(C(=O)N(C2CC2)C(C)C(=O)O)oc1CC. The van der Waals surface area contributed by atoms with E-state index in [1.165, 1.54) is 4.90 Å². The molecule has 1 aromatic rings. The molecule has 0 saturated heterocycles. The molecule has 1 atom stereocenters. The topological polar surface area (TPSA) is 70.8 Å². The number of aryl methyl sites for hydroxylation is 2. The Kier molecular flexibility index (Phi) is 4.16. The van der Waals surface area contributed by atoms with Crippen LogP contribution in [-0.2, 0) is 17.6 Å². The molecule has 0 spiro atoms. The summed E-state index contributed by atoms with van der Waals surface area (Å²) in [7, 11) is 0. The molecule has 20 heavy (non-hydrogen) atoms. The van der Waals surface area contributed by atoms with Crippen molar-refractivity contribution in [1.29, 1.82) is 0 Å². The number of carboxylic acid groups (broad SMARTS) is 1. The number of nitrogens with zero attached hydrogens (tertiary/aromatic N) is 1. The molecule has 0 aliphatic heterocycles. The van der Waals surface area contributed by atoms with Crippen molar-refractivity contribution in [2.24, 2.45) is 0 Å². The molecular weight excluding hydrogens is 258 g/mol. The average Bonchev–Trinajstić information content (AvgIpc) is 3.16. The highest BCUT2D eigenvalue weighted by Gasteiger charge is 2.40. The second kappa shape index (κ2) is 5.69. The normalized spacial score (nSPS) is 15.9. The first-order chi connectivity index (χ1) is 9.49. The smallest absolute Gasteiger partial charge is 0.326 e. The summed E-state index contributed by atoms with van der Waals surface area (Å²) in [6.07, 6.45) is 3.27. The Morgan fingerprint density at radius 2 is 2.05 bits per heavy atom. The molecule has 1 aliphatic carbocycles. The number of rotatable bonds is 6. The Morgan fingerprint density at radius 3 is 2.45 bits per heavy atom. The zero-order valence-corrected chi connectivity index (χ0v) is 12.2. The van der Waals surface area contributed by atoms with Gasteiger partial charge >= 0.3 is 5.97 Å². The molecule has 0 bridgehead atoms. The third-order valence-electron chi connectivity index (χ3n) is 3.76. The Labute approximate surface area is 118 Å². The van der Waals surface area contributed by atoms with Crippen molar-refractivity contribution in [2.75, 3.05) is 0 Å². The van der Waals surface area contributed by atoms with Crippen LogP contribution in [0.25, 0.3) is 0 Å². The van der Waals surface area contributed by atoms with Gasteiger partial charge in [0.05, 0.1) is 0 Å². The van der Waals surface area contributed by atoms with Crippen molar-refractivity contribution in [1.82, 2.24) is 4.90 Å². The molecular formula is C15H21NO4. The van der Waals surface area contributed by atoms with E-state index in [1.807, 2.05) is 13.8 Å². The van der Waals surface area contributed by atoms with Crippen molar-refractivity contribution in [3.8, 4) is 0 Å². The molecule has 1 fully saturated rings. The van der Waals surface area contributed by atoms with E-state index in [2.05, 4.69) is 0 Å². The average molecular weight is 279 g/mol. The van der Waals surface area contributed by atoms with Gasteiger partial charge in [-0.1, -0.05) is 13.8 Å².